The Labute approximate surface area is 122 Å². The molecule has 18 heavy (non-hydrogen) atoms. The van der Waals surface area contributed by atoms with Gasteiger partial charge in [0.2, 0.25) is 5.91 Å². The van der Waals surface area contributed by atoms with Crippen LogP contribution in [0.15, 0.2) is 22.7 Å². The van der Waals surface area contributed by atoms with Crippen molar-refractivity contribution >= 4 is 39.1 Å². The maximum absolute atomic E-state index is 12.1. The van der Waals surface area contributed by atoms with Crippen LogP contribution in [0, 0.1) is 0 Å². The fourth-order valence-electron chi connectivity index (χ4n) is 1.71. The van der Waals surface area contributed by atoms with Gasteiger partial charge < -0.3 is 10.2 Å². The molecule has 1 aromatic carbocycles. The molecule has 0 saturated carbocycles. The Morgan fingerprint density at radius 3 is 2.56 bits per heavy atom. The summed E-state index contributed by atoms with van der Waals surface area (Å²) in [5.41, 5.74) is 0.874. The summed E-state index contributed by atoms with van der Waals surface area (Å²) < 4.78 is 0.816. The molecule has 5 heteroatoms. The third kappa shape index (κ3) is 3.89. The van der Waals surface area contributed by atoms with E-state index in [4.69, 9.17) is 11.6 Å². The number of rotatable bonds is 5. The van der Waals surface area contributed by atoms with Gasteiger partial charge in [-0.3, -0.25) is 4.79 Å². The minimum Gasteiger partial charge on any atom is -0.374 e. The zero-order valence-electron chi connectivity index (χ0n) is 10.8. The number of likely N-dealkylation sites (N-methyl/N-ethyl adjacent to an activating group) is 1. The van der Waals surface area contributed by atoms with Crippen molar-refractivity contribution in [2.75, 3.05) is 18.4 Å². The van der Waals surface area contributed by atoms with Crippen molar-refractivity contribution in [3.63, 3.8) is 0 Å². The number of anilines is 1. The molecule has 0 spiro atoms. The average molecular weight is 334 g/mol. The smallest absolute Gasteiger partial charge is 0.244 e. The van der Waals surface area contributed by atoms with Crippen LogP contribution in [0.2, 0.25) is 5.02 Å². The molecule has 1 aromatic rings. The lowest BCUT2D eigenvalue weighted by Crippen LogP contribution is -2.41. The molecule has 1 rings (SSSR count). The number of carbonyl (C=O) groups is 1. The predicted molar refractivity (Wildman–Crippen MR) is 80.2 cm³/mol. The first-order valence-electron chi connectivity index (χ1n) is 6.00. The largest absolute Gasteiger partial charge is 0.374 e. The molecule has 3 nitrogen and oxygen atoms in total. The van der Waals surface area contributed by atoms with E-state index in [0.29, 0.717) is 5.02 Å². The first-order chi connectivity index (χ1) is 8.49. The van der Waals surface area contributed by atoms with Crippen molar-refractivity contribution in [1.82, 2.24) is 4.90 Å². The highest BCUT2D eigenvalue weighted by atomic mass is 79.9. The number of amides is 1. The molecule has 0 aliphatic heterocycles. The summed E-state index contributed by atoms with van der Waals surface area (Å²) >= 11 is 9.29. The molecular weight excluding hydrogens is 316 g/mol. The molecule has 1 atom stereocenters. The maximum atomic E-state index is 12.1. The number of halogens is 2. The van der Waals surface area contributed by atoms with Gasteiger partial charge in [-0.1, -0.05) is 11.6 Å². The van der Waals surface area contributed by atoms with Gasteiger partial charge in [0.25, 0.3) is 0 Å². The van der Waals surface area contributed by atoms with E-state index in [9.17, 15) is 4.79 Å². The van der Waals surface area contributed by atoms with Crippen molar-refractivity contribution in [2.24, 2.45) is 0 Å². The standard InChI is InChI=1S/C13H18BrClN2O/c1-4-17(5-2)13(18)9(3)16-10-6-7-12(15)11(14)8-10/h6-9,16H,4-5H2,1-3H3. The van der Waals surface area contributed by atoms with Crippen LogP contribution < -0.4 is 5.32 Å². The zero-order chi connectivity index (χ0) is 13.7. The van der Waals surface area contributed by atoms with E-state index in [2.05, 4.69) is 21.2 Å². The highest BCUT2D eigenvalue weighted by molar-refractivity contribution is 9.10. The van der Waals surface area contributed by atoms with Gasteiger partial charge in [-0.15, -0.1) is 0 Å². The number of nitrogens with zero attached hydrogens (tertiary/aromatic N) is 1. The first kappa shape index (κ1) is 15.3. The molecular formula is C13H18BrClN2O. The summed E-state index contributed by atoms with van der Waals surface area (Å²) in [4.78, 5) is 13.9. The Morgan fingerprint density at radius 1 is 1.44 bits per heavy atom. The predicted octanol–water partition coefficient (Wildman–Crippen LogP) is 3.77. The molecule has 1 amide bonds. The fourth-order valence-corrected chi connectivity index (χ4v) is 2.20. The molecule has 0 aromatic heterocycles. The van der Waals surface area contributed by atoms with E-state index in [1.54, 1.807) is 6.07 Å². The number of carbonyl (C=O) groups excluding carboxylic acids is 1. The highest BCUT2D eigenvalue weighted by Gasteiger charge is 2.17. The van der Waals surface area contributed by atoms with E-state index < -0.39 is 0 Å². The van der Waals surface area contributed by atoms with Crippen molar-refractivity contribution < 1.29 is 4.79 Å². The van der Waals surface area contributed by atoms with Gasteiger partial charge in [0.1, 0.15) is 6.04 Å². The van der Waals surface area contributed by atoms with Crippen molar-refractivity contribution in [1.29, 1.82) is 0 Å². The Balaban J connectivity index is 2.71. The SMILES string of the molecule is CCN(CC)C(=O)C(C)Nc1ccc(Cl)c(Br)c1. The molecule has 0 saturated heterocycles. The van der Waals surface area contributed by atoms with Crippen LogP contribution in [0.1, 0.15) is 20.8 Å². The Hall–Kier alpha value is -0.740. The van der Waals surface area contributed by atoms with Crippen LogP contribution in [0.5, 0.6) is 0 Å². The van der Waals surface area contributed by atoms with Crippen LogP contribution >= 0.6 is 27.5 Å². The van der Waals surface area contributed by atoms with Gasteiger partial charge in [-0.2, -0.15) is 0 Å². The lowest BCUT2D eigenvalue weighted by molar-refractivity contribution is -0.131. The molecule has 0 radical (unpaired) electrons. The second-order valence-corrected chi connectivity index (χ2v) is 5.27. The molecule has 100 valence electrons. The molecule has 0 heterocycles. The van der Waals surface area contributed by atoms with Crippen LogP contribution in [0.4, 0.5) is 5.69 Å². The normalized spacial score (nSPS) is 12.1. The molecule has 1 N–H and O–H groups in total. The summed E-state index contributed by atoms with van der Waals surface area (Å²) in [6.45, 7) is 7.28. The summed E-state index contributed by atoms with van der Waals surface area (Å²) in [6.07, 6.45) is 0. The van der Waals surface area contributed by atoms with Crippen LogP contribution in [0.3, 0.4) is 0 Å². The lowest BCUT2D eigenvalue weighted by Gasteiger charge is -2.24. The number of hydrogen-bond donors (Lipinski definition) is 1. The van der Waals surface area contributed by atoms with Crippen molar-refractivity contribution in [3.05, 3.63) is 27.7 Å². The van der Waals surface area contributed by atoms with Crippen LogP contribution in [-0.2, 0) is 4.79 Å². The van der Waals surface area contributed by atoms with E-state index in [-0.39, 0.29) is 11.9 Å². The first-order valence-corrected chi connectivity index (χ1v) is 7.17. The Bertz CT molecular complexity index is 421. The molecule has 0 fully saturated rings. The summed E-state index contributed by atoms with van der Waals surface area (Å²) in [5.74, 6) is 0.103. The van der Waals surface area contributed by atoms with E-state index in [0.717, 1.165) is 23.2 Å². The van der Waals surface area contributed by atoms with Gasteiger partial charge in [-0.25, -0.2) is 0 Å². The van der Waals surface area contributed by atoms with Gasteiger partial charge in [0.15, 0.2) is 0 Å². The monoisotopic (exact) mass is 332 g/mol. The second kappa shape index (κ2) is 7.00. The third-order valence-electron chi connectivity index (χ3n) is 2.75. The van der Waals surface area contributed by atoms with Gasteiger partial charge in [0, 0.05) is 23.2 Å². The van der Waals surface area contributed by atoms with Gasteiger partial charge in [-0.05, 0) is 54.9 Å². The second-order valence-electron chi connectivity index (χ2n) is 4.01. The van der Waals surface area contributed by atoms with Gasteiger partial charge in [0.05, 0.1) is 5.02 Å². The third-order valence-corrected chi connectivity index (χ3v) is 3.96. The lowest BCUT2D eigenvalue weighted by atomic mass is 10.2. The molecule has 0 aliphatic carbocycles. The number of benzene rings is 1. The van der Waals surface area contributed by atoms with E-state index in [1.165, 1.54) is 0 Å². The fraction of sp³-hybridized carbons (Fsp3) is 0.462. The van der Waals surface area contributed by atoms with E-state index >= 15 is 0 Å². The summed E-state index contributed by atoms with van der Waals surface area (Å²) in [5, 5.41) is 3.83. The van der Waals surface area contributed by atoms with Crippen molar-refractivity contribution in [3.8, 4) is 0 Å². The van der Waals surface area contributed by atoms with E-state index in [1.807, 2.05) is 37.8 Å². The minimum absolute atomic E-state index is 0.103. The topological polar surface area (TPSA) is 32.3 Å². The highest BCUT2D eigenvalue weighted by Crippen LogP contribution is 2.25. The minimum atomic E-state index is -0.252. The average Bonchev–Trinajstić information content (AvgIpc) is 2.35. The maximum Gasteiger partial charge on any atom is 0.244 e. The zero-order valence-corrected chi connectivity index (χ0v) is 13.2. The molecule has 0 bridgehead atoms. The van der Waals surface area contributed by atoms with Crippen molar-refractivity contribution in [2.45, 2.75) is 26.8 Å². The summed E-state index contributed by atoms with van der Waals surface area (Å²) in [7, 11) is 0. The van der Waals surface area contributed by atoms with Crippen LogP contribution in [0.25, 0.3) is 0 Å². The number of nitrogens with one attached hydrogen (secondary N) is 1. The Morgan fingerprint density at radius 2 is 2.06 bits per heavy atom. The number of hydrogen-bond acceptors (Lipinski definition) is 2. The molecule has 1 unspecified atom stereocenters. The Kier molecular flexibility index (Phi) is 5.96. The summed E-state index contributed by atoms with van der Waals surface area (Å²) in [6, 6.07) is 5.27. The van der Waals surface area contributed by atoms with Gasteiger partial charge >= 0.3 is 0 Å². The quantitative estimate of drug-likeness (QED) is 0.889. The van der Waals surface area contributed by atoms with Crippen LogP contribution in [-0.4, -0.2) is 29.9 Å². The molecule has 0 aliphatic rings.